The highest BCUT2D eigenvalue weighted by Gasteiger charge is 2.13. The zero-order valence-corrected chi connectivity index (χ0v) is 17.2. The largest absolute Gasteiger partial charge is 0.497 e. The lowest BCUT2D eigenvalue weighted by Gasteiger charge is -2.08. The number of rotatable bonds is 8. The molecule has 3 aromatic carbocycles. The fourth-order valence-corrected chi connectivity index (χ4v) is 3.66. The van der Waals surface area contributed by atoms with Crippen LogP contribution in [0.15, 0.2) is 89.8 Å². The number of methoxy groups -OCH3 is 1. The van der Waals surface area contributed by atoms with Crippen LogP contribution in [0.2, 0.25) is 0 Å². The van der Waals surface area contributed by atoms with Gasteiger partial charge in [0.15, 0.2) is 0 Å². The van der Waals surface area contributed by atoms with E-state index in [1.165, 1.54) is 18.2 Å². The molecule has 0 radical (unpaired) electrons. The summed E-state index contributed by atoms with van der Waals surface area (Å²) in [4.78, 5) is 12.2. The molecule has 0 aromatic heterocycles. The molecule has 154 valence electrons. The smallest absolute Gasteiger partial charge is 0.248 e. The Balaban J connectivity index is 1.57. The molecule has 0 saturated carbocycles. The van der Waals surface area contributed by atoms with Gasteiger partial charge in [-0.15, -0.1) is 0 Å². The Morgan fingerprint density at radius 2 is 1.60 bits per heavy atom. The first-order chi connectivity index (χ1) is 14.5. The van der Waals surface area contributed by atoms with E-state index in [0.29, 0.717) is 5.69 Å². The number of ether oxygens (including phenoxy) is 1. The van der Waals surface area contributed by atoms with Crippen LogP contribution in [0.1, 0.15) is 11.1 Å². The number of sulfonamides is 1. The van der Waals surface area contributed by atoms with Crippen molar-refractivity contribution in [3.05, 3.63) is 96.1 Å². The normalized spacial score (nSPS) is 11.4. The van der Waals surface area contributed by atoms with Gasteiger partial charge in [-0.25, -0.2) is 13.1 Å². The summed E-state index contributed by atoms with van der Waals surface area (Å²) in [5.74, 6) is 0.425. The van der Waals surface area contributed by atoms with Crippen molar-refractivity contribution in [2.24, 2.45) is 0 Å². The van der Waals surface area contributed by atoms with Gasteiger partial charge >= 0.3 is 0 Å². The fourth-order valence-electron chi connectivity index (χ4n) is 2.65. The van der Waals surface area contributed by atoms with Crippen LogP contribution in [0.25, 0.3) is 6.08 Å². The van der Waals surface area contributed by atoms with Gasteiger partial charge in [-0.05, 0) is 53.6 Å². The van der Waals surface area contributed by atoms with Crippen LogP contribution in [0.5, 0.6) is 5.75 Å². The summed E-state index contributed by atoms with van der Waals surface area (Å²) in [5.41, 5.74) is 2.23. The minimum atomic E-state index is -3.64. The Hall–Kier alpha value is -3.42. The molecule has 0 aliphatic carbocycles. The fraction of sp³-hybridized carbons (Fsp3) is 0.0870. The lowest BCUT2D eigenvalue weighted by atomic mass is 10.2. The van der Waals surface area contributed by atoms with Gasteiger partial charge in [0.25, 0.3) is 0 Å². The molecule has 0 bridgehead atoms. The van der Waals surface area contributed by atoms with Crippen LogP contribution in [0.3, 0.4) is 0 Å². The average molecular weight is 423 g/mol. The van der Waals surface area contributed by atoms with E-state index in [4.69, 9.17) is 4.74 Å². The minimum absolute atomic E-state index is 0.130. The molecule has 3 rings (SSSR count). The van der Waals surface area contributed by atoms with Gasteiger partial charge in [-0.1, -0.05) is 42.5 Å². The summed E-state index contributed by atoms with van der Waals surface area (Å²) in [6.45, 7) is 0.206. The van der Waals surface area contributed by atoms with E-state index >= 15 is 0 Å². The highest BCUT2D eigenvalue weighted by atomic mass is 32.2. The third-order valence-corrected chi connectivity index (χ3v) is 5.70. The van der Waals surface area contributed by atoms with Crippen molar-refractivity contribution in [1.29, 1.82) is 0 Å². The van der Waals surface area contributed by atoms with Gasteiger partial charge < -0.3 is 10.1 Å². The third kappa shape index (κ3) is 6.04. The quantitative estimate of drug-likeness (QED) is 0.541. The first kappa shape index (κ1) is 21.3. The summed E-state index contributed by atoms with van der Waals surface area (Å²) in [6, 6.07) is 22.6. The maximum atomic E-state index is 12.4. The van der Waals surface area contributed by atoms with Gasteiger partial charge in [0.2, 0.25) is 15.9 Å². The number of hydrogen-bond donors (Lipinski definition) is 2. The number of amides is 1. The highest BCUT2D eigenvalue weighted by molar-refractivity contribution is 7.89. The van der Waals surface area contributed by atoms with Gasteiger partial charge in [0.05, 0.1) is 12.0 Å². The Labute approximate surface area is 176 Å². The molecule has 7 heteroatoms. The number of anilines is 1. The van der Waals surface area contributed by atoms with Crippen LogP contribution in [0, 0.1) is 0 Å². The van der Waals surface area contributed by atoms with E-state index in [1.54, 1.807) is 25.3 Å². The van der Waals surface area contributed by atoms with Crippen LogP contribution >= 0.6 is 0 Å². The van der Waals surface area contributed by atoms with Crippen molar-refractivity contribution in [3.63, 3.8) is 0 Å². The summed E-state index contributed by atoms with van der Waals surface area (Å²) < 4.78 is 32.5. The number of carbonyl (C=O) groups is 1. The summed E-state index contributed by atoms with van der Waals surface area (Å²) in [5, 5.41) is 2.71. The van der Waals surface area contributed by atoms with Crippen molar-refractivity contribution in [3.8, 4) is 5.75 Å². The van der Waals surface area contributed by atoms with Gasteiger partial charge in [0.1, 0.15) is 5.75 Å². The molecule has 6 nitrogen and oxygen atoms in total. The van der Waals surface area contributed by atoms with Crippen molar-refractivity contribution < 1.29 is 17.9 Å². The van der Waals surface area contributed by atoms with E-state index in [0.717, 1.165) is 16.9 Å². The Bertz CT molecular complexity index is 1110. The lowest BCUT2D eigenvalue weighted by Crippen LogP contribution is -2.23. The number of benzene rings is 3. The number of hydrogen-bond acceptors (Lipinski definition) is 4. The molecule has 0 aliphatic heterocycles. The number of carbonyl (C=O) groups excluding carboxylic acids is 1. The molecule has 0 unspecified atom stereocenters. The molecular formula is C23H22N2O4S. The van der Waals surface area contributed by atoms with Crippen molar-refractivity contribution in [2.45, 2.75) is 11.4 Å². The molecule has 0 saturated heterocycles. The molecule has 0 atom stereocenters. The van der Waals surface area contributed by atoms with Crippen molar-refractivity contribution in [2.75, 3.05) is 12.4 Å². The lowest BCUT2D eigenvalue weighted by molar-refractivity contribution is -0.111. The number of nitrogens with one attached hydrogen (secondary N) is 2. The predicted molar refractivity (Wildman–Crippen MR) is 118 cm³/mol. The van der Waals surface area contributed by atoms with E-state index in [-0.39, 0.29) is 17.3 Å². The van der Waals surface area contributed by atoms with Crippen molar-refractivity contribution in [1.82, 2.24) is 4.72 Å². The van der Waals surface area contributed by atoms with Gasteiger partial charge in [-0.2, -0.15) is 0 Å². The second kappa shape index (κ2) is 9.87. The molecule has 0 heterocycles. The molecule has 0 aliphatic rings. The van der Waals surface area contributed by atoms with E-state index in [9.17, 15) is 13.2 Å². The highest BCUT2D eigenvalue weighted by Crippen LogP contribution is 2.15. The first-order valence-electron chi connectivity index (χ1n) is 9.23. The Morgan fingerprint density at radius 3 is 2.23 bits per heavy atom. The van der Waals surface area contributed by atoms with E-state index < -0.39 is 10.0 Å². The van der Waals surface area contributed by atoms with Crippen LogP contribution < -0.4 is 14.8 Å². The maximum Gasteiger partial charge on any atom is 0.248 e. The standard InChI is InChI=1S/C23H22N2O4S/c1-29-21-12-7-18(8-13-21)9-16-23(26)25-20-10-14-22(15-11-20)30(27,28)24-17-19-5-3-2-4-6-19/h2-16,24H,17H2,1H3,(H,25,26)/b16-9+. The molecule has 0 fully saturated rings. The monoisotopic (exact) mass is 422 g/mol. The summed E-state index contributed by atoms with van der Waals surface area (Å²) >= 11 is 0. The zero-order chi connectivity index (χ0) is 21.4. The first-order valence-corrected chi connectivity index (χ1v) is 10.7. The average Bonchev–Trinajstić information content (AvgIpc) is 2.78. The second-order valence-corrected chi connectivity index (χ2v) is 8.20. The summed E-state index contributed by atoms with van der Waals surface area (Å²) in [6.07, 6.45) is 3.09. The Kier molecular flexibility index (Phi) is 7.00. The van der Waals surface area contributed by atoms with Crippen LogP contribution in [-0.2, 0) is 21.4 Å². The van der Waals surface area contributed by atoms with Crippen molar-refractivity contribution >= 4 is 27.7 Å². The Morgan fingerprint density at radius 1 is 0.933 bits per heavy atom. The predicted octanol–water partition coefficient (Wildman–Crippen LogP) is 3.83. The molecule has 0 spiro atoms. The molecule has 1 amide bonds. The third-order valence-electron chi connectivity index (χ3n) is 4.28. The molecule has 30 heavy (non-hydrogen) atoms. The topological polar surface area (TPSA) is 84.5 Å². The van der Waals surface area contributed by atoms with E-state index in [1.807, 2.05) is 54.6 Å². The zero-order valence-electron chi connectivity index (χ0n) is 16.4. The molecule has 3 aromatic rings. The van der Waals surface area contributed by atoms with Crippen LogP contribution in [0.4, 0.5) is 5.69 Å². The van der Waals surface area contributed by atoms with Gasteiger partial charge in [-0.3, -0.25) is 4.79 Å². The van der Waals surface area contributed by atoms with E-state index in [2.05, 4.69) is 10.0 Å². The molecule has 2 N–H and O–H groups in total. The molecular weight excluding hydrogens is 400 g/mol. The SMILES string of the molecule is COc1ccc(/C=C/C(=O)Nc2ccc(S(=O)(=O)NCc3ccccc3)cc2)cc1. The minimum Gasteiger partial charge on any atom is -0.497 e. The second-order valence-electron chi connectivity index (χ2n) is 6.43. The maximum absolute atomic E-state index is 12.4. The van der Waals surface area contributed by atoms with Gasteiger partial charge in [0, 0.05) is 18.3 Å². The summed E-state index contributed by atoms with van der Waals surface area (Å²) in [7, 11) is -2.05. The van der Waals surface area contributed by atoms with Crippen LogP contribution in [-0.4, -0.2) is 21.4 Å².